The van der Waals surface area contributed by atoms with Crippen LogP contribution in [0.4, 0.5) is 0 Å². The van der Waals surface area contributed by atoms with Crippen molar-refractivity contribution < 1.29 is 18.8 Å². The average Bonchev–Trinajstić information content (AvgIpc) is 3.37. The van der Waals surface area contributed by atoms with Gasteiger partial charge in [0.2, 0.25) is 0 Å². The van der Waals surface area contributed by atoms with Gasteiger partial charge in [0.25, 0.3) is 17.7 Å². The Kier molecular flexibility index (Phi) is 6.17. The highest BCUT2D eigenvalue weighted by atomic mass is 16.3. The van der Waals surface area contributed by atoms with Crippen molar-refractivity contribution in [2.45, 2.75) is 19.9 Å². The van der Waals surface area contributed by atoms with E-state index in [1.165, 1.54) is 25.5 Å². The van der Waals surface area contributed by atoms with E-state index in [-0.39, 0.29) is 0 Å². The van der Waals surface area contributed by atoms with E-state index in [0.717, 1.165) is 11.1 Å². The number of carbonyl (C=O) groups excluding carboxylic acids is 3. The third-order valence-electron chi connectivity index (χ3n) is 5.13. The summed E-state index contributed by atoms with van der Waals surface area (Å²) in [6.07, 6.45) is 2.64. The molecule has 0 saturated carbocycles. The van der Waals surface area contributed by atoms with Gasteiger partial charge >= 0.3 is 0 Å². The normalized spacial score (nSPS) is 11.6. The number of nitrogens with one attached hydrogen (secondary N) is 3. The molecule has 3 N–H and O–H groups in total. The molecule has 2 aromatic carbocycles. The van der Waals surface area contributed by atoms with Crippen molar-refractivity contribution in [2.75, 3.05) is 0 Å². The lowest BCUT2D eigenvalue weighted by molar-refractivity contribution is -0.123. The fourth-order valence-corrected chi connectivity index (χ4v) is 3.27. The number of fused-ring (bicyclic) bond motifs is 1. The molecule has 0 aliphatic heterocycles. The first kappa shape index (κ1) is 21.8. The van der Waals surface area contributed by atoms with E-state index in [4.69, 9.17) is 4.42 Å². The minimum absolute atomic E-state index is 0.297. The number of benzene rings is 2. The number of aromatic nitrogens is 1. The summed E-state index contributed by atoms with van der Waals surface area (Å²) >= 11 is 0. The van der Waals surface area contributed by atoms with E-state index in [1.54, 1.807) is 12.1 Å². The number of carbonyl (C=O) groups is 3. The summed E-state index contributed by atoms with van der Waals surface area (Å²) in [5, 5.41) is 3.19. The number of nitrogens with zero attached hydrogens (tertiary/aromatic N) is 1. The molecule has 1 atom stereocenters. The molecule has 2 aromatic heterocycles. The van der Waals surface area contributed by atoms with Crippen LogP contribution in [-0.4, -0.2) is 28.7 Å². The molecule has 8 heteroatoms. The molecule has 8 nitrogen and oxygen atoms in total. The molecule has 0 fully saturated rings. The molecule has 0 radical (unpaired) electrons. The predicted octanol–water partition coefficient (Wildman–Crippen LogP) is 3.38. The molecule has 166 valence electrons. The lowest BCUT2D eigenvalue weighted by Gasteiger charge is -2.15. The van der Waals surface area contributed by atoms with Gasteiger partial charge in [-0.15, -0.1) is 0 Å². The fraction of sp³-hybridized carbons (Fsp3) is 0.120. The summed E-state index contributed by atoms with van der Waals surface area (Å²) in [6, 6.07) is 17.4. The first-order valence-corrected chi connectivity index (χ1v) is 10.3. The second kappa shape index (κ2) is 9.35. The SMILES string of the molecule is Cc1ccc(-c2cc(C(=O)NNC(=O)C(C)NC(=O)c3ccoc3)c3ccccc3n2)cc1. The third kappa shape index (κ3) is 4.90. The molecule has 0 spiro atoms. The highest BCUT2D eigenvalue weighted by Gasteiger charge is 2.19. The predicted molar refractivity (Wildman–Crippen MR) is 123 cm³/mol. The van der Waals surface area contributed by atoms with Crippen molar-refractivity contribution in [2.24, 2.45) is 0 Å². The zero-order valence-corrected chi connectivity index (χ0v) is 18.1. The van der Waals surface area contributed by atoms with Crippen LogP contribution in [0.15, 0.2) is 77.6 Å². The lowest BCUT2D eigenvalue weighted by atomic mass is 10.0. The van der Waals surface area contributed by atoms with Crippen molar-refractivity contribution in [1.29, 1.82) is 0 Å². The van der Waals surface area contributed by atoms with Crippen LogP contribution in [0.5, 0.6) is 0 Å². The average molecular weight is 442 g/mol. The summed E-state index contributed by atoms with van der Waals surface area (Å²) in [5.41, 5.74) is 8.76. The number of aryl methyl sites for hydroxylation is 1. The minimum Gasteiger partial charge on any atom is -0.472 e. The Hall–Kier alpha value is -4.46. The Balaban J connectivity index is 1.51. The van der Waals surface area contributed by atoms with Gasteiger partial charge in [0, 0.05) is 10.9 Å². The number of pyridine rings is 1. The third-order valence-corrected chi connectivity index (χ3v) is 5.13. The van der Waals surface area contributed by atoms with Gasteiger partial charge in [0.1, 0.15) is 12.3 Å². The topological polar surface area (TPSA) is 113 Å². The molecule has 3 amide bonds. The van der Waals surface area contributed by atoms with Gasteiger partial charge in [-0.3, -0.25) is 25.2 Å². The molecule has 4 aromatic rings. The van der Waals surface area contributed by atoms with E-state index in [9.17, 15) is 14.4 Å². The van der Waals surface area contributed by atoms with Crippen molar-refractivity contribution in [3.63, 3.8) is 0 Å². The number of para-hydroxylation sites is 1. The van der Waals surface area contributed by atoms with Crippen molar-refractivity contribution in [3.05, 3.63) is 89.9 Å². The maximum absolute atomic E-state index is 13.0. The van der Waals surface area contributed by atoms with Crippen LogP contribution in [0.3, 0.4) is 0 Å². The van der Waals surface area contributed by atoms with Gasteiger partial charge in [-0.25, -0.2) is 4.98 Å². The van der Waals surface area contributed by atoms with Crippen LogP contribution in [-0.2, 0) is 4.79 Å². The zero-order chi connectivity index (χ0) is 23.4. The van der Waals surface area contributed by atoms with Gasteiger partial charge in [0.05, 0.1) is 28.6 Å². The van der Waals surface area contributed by atoms with E-state index in [0.29, 0.717) is 27.7 Å². The van der Waals surface area contributed by atoms with Gasteiger partial charge in [-0.05, 0) is 32.0 Å². The zero-order valence-electron chi connectivity index (χ0n) is 18.1. The van der Waals surface area contributed by atoms with Crippen LogP contribution in [0.25, 0.3) is 22.2 Å². The number of amides is 3. The quantitative estimate of drug-likeness (QED) is 0.410. The van der Waals surface area contributed by atoms with Gasteiger partial charge in [0.15, 0.2) is 0 Å². The Bertz CT molecular complexity index is 1310. The second-order valence-corrected chi connectivity index (χ2v) is 7.59. The Morgan fingerprint density at radius 1 is 0.939 bits per heavy atom. The van der Waals surface area contributed by atoms with Crippen LogP contribution >= 0.6 is 0 Å². The van der Waals surface area contributed by atoms with Crippen LogP contribution in [0.2, 0.25) is 0 Å². The number of furan rings is 1. The molecule has 0 aliphatic rings. The van der Waals surface area contributed by atoms with E-state index in [2.05, 4.69) is 21.2 Å². The molecule has 4 rings (SSSR count). The Morgan fingerprint density at radius 2 is 1.70 bits per heavy atom. The van der Waals surface area contributed by atoms with E-state index >= 15 is 0 Å². The monoisotopic (exact) mass is 442 g/mol. The van der Waals surface area contributed by atoms with Crippen LogP contribution in [0.1, 0.15) is 33.2 Å². The first-order valence-electron chi connectivity index (χ1n) is 10.3. The molecule has 1 unspecified atom stereocenters. The Labute approximate surface area is 190 Å². The number of hydrogen-bond donors (Lipinski definition) is 3. The number of hydrazine groups is 1. The number of hydrogen-bond acceptors (Lipinski definition) is 5. The first-order chi connectivity index (χ1) is 15.9. The van der Waals surface area contributed by atoms with Gasteiger partial charge < -0.3 is 9.73 Å². The highest BCUT2D eigenvalue weighted by Crippen LogP contribution is 2.25. The van der Waals surface area contributed by atoms with Crippen LogP contribution < -0.4 is 16.2 Å². The van der Waals surface area contributed by atoms with E-state index < -0.39 is 23.8 Å². The standard InChI is InChI=1S/C25H22N4O4/c1-15-7-9-17(10-8-15)22-13-20(19-5-3-4-6-21(19)27-22)25(32)29-28-23(30)16(2)26-24(31)18-11-12-33-14-18/h3-14,16H,1-2H3,(H,26,31)(H,28,30)(H,29,32). The largest absolute Gasteiger partial charge is 0.472 e. The van der Waals surface area contributed by atoms with Crippen molar-refractivity contribution >= 4 is 28.6 Å². The Morgan fingerprint density at radius 3 is 2.42 bits per heavy atom. The summed E-state index contributed by atoms with van der Waals surface area (Å²) in [4.78, 5) is 42.1. The maximum atomic E-state index is 13.0. The van der Waals surface area contributed by atoms with Crippen LogP contribution in [0, 0.1) is 6.92 Å². The second-order valence-electron chi connectivity index (χ2n) is 7.59. The summed E-state index contributed by atoms with van der Waals surface area (Å²) < 4.78 is 4.86. The molecule has 0 aliphatic carbocycles. The maximum Gasteiger partial charge on any atom is 0.270 e. The summed E-state index contributed by atoms with van der Waals surface area (Å²) in [6.45, 7) is 3.51. The molecular formula is C25H22N4O4. The fourth-order valence-electron chi connectivity index (χ4n) is 3.27. The summed E-state index contributed by atoms with van der Waals surface area (Å²) in [5.74, 6) is -1.53. The van der Waals surface area contributed by atoms with Gasteiger partial charge in [-0.1, -0.05) is 48.0 Å². The molecule has 2 heterocycles. The summed E-state index contributed by atoms with van der Waals surface area (Å²) in [7, 11) is 0. The van der Waals surface area contributed by atoms with Crippen molar-refractivity contribution in [1.82, 2.24) is 21.2 Å². The smallest absolute Gasteiger partial charge is 0.270 e. The minimum atomic E-state index is -0.884. The van der Waals surface area contributed by atoms with Crippen molar-refractivity contribution in [3.8, 4) is 11.3 Å². The van der Waals surface area contributed by atoms with E-state index in [1.807, 2.05) is 49.4 Å². The molecule has 0 saturated heterocycles. The molecule has 0 bridgehead atoms. The number of rotatable bonds is 5. The lowest BCUT2D eigenvalue weighted by Crippen LogP contribution is -2.51. The molecule has 33 heavy (non-hydrogen) atoms. The highest BCUT2D eigenvalue weighted by molar-refractivity contribution is 6.07. The molecular weight excluding hydrogens is 420 g/mol. The van der Waals surface area contributed by atoms with Gasteiger partial charge in [-0.2, -0.15) is 0 Å².